The molecule has 9 heteroatoms. The summed E-state index contributed by atoms with van der Waals surface area (Å²) in [6.45, 7) is 2.92. The Morgan fingerprint density at radius 2 is 1.91 bits per heavy atom. The van der Waals surface area contributed by atoms with Crippen molar-refractivity contribution in [1.82, 2.24) is 5.16 Å². The largest absolute Gasteiger partial charge is 0.360 e. The van der Waals surface area contributed by atoms with Gasteiger partial charge in [0.1, 0.15) is 5.69 Å². The molecular weight excluding hydrogens is 328 g/mol. The second kappa shape index (κ2) is 4.82. The van der Waals surface area contributed by atoms with E-state index in [4.69, 9.17) is 4.52 Å². The van der Waals surface area contributed by atoms with Gasteiger partial charge in [-0.1, -0.05) is 17.3 Å². The van der Waals surface area contributed by atoms with Crippen molar-refractivity contribution in [2.45, 2.75) is 23.6 Å². The van der Waals surface area contributed by atoms with Crippen LogP contribution in [0.2, 0.25) is 0 Å². The van der Waals surface area contributed by atoms with E-state index in [1.54, 1.807) is 12.1 Å². The predicted molar refractivity (Wildman–Crippen MR) is 79.0 cm³/mol. The van der Waals surface area contributed by atoms with Crippen molar-refractivity contribution in [3.8, 4) is 0 Å². The first-order valence-electron chi connectivity index (χ1n) is 6.52. The zero-order valence-electron chi connectivity index (χ0n) is 12.0. The lowest BCUT2D eigenvalue weighted by Gasteiger charge is -2.29. The van der Waals surface area contributed by atoms with Crippen LogP contribution in [-0.4, -0.2) is 34.3 Å². The van der Waals surface area contributed by atoms with E-state index in [0.717, 1.165) is 4.31 Å². The van der Waals surface area contributed by atoms with Gasteiger partial charge in [-0.15, -0.1) is 0 Å². The number of hydrogen-bond acceptors (Lipinski definition) is 6. The molecule has 0 radical (unpaired) electrons. The first-order chi connectivity index (χ1) is 10.2. The van der Waals surface area contributed by atoms with E-state index in [0.29, 0.717) is 0 Å². The number of aryl methyl sites for hydroxylation is 2. The molecule has 0 spiro atoms. The Morgan fingerprint density at radius 3 is 2.55 bits per heavy atom. The average molecular weight is 342 g/mol. The van der Waals surface area contributed by atoms with Gasteiger partial charge in [-0.05, 0) is 26.0 Å². The maximum absolute atomic E-state index is 12.9. The fraction of sp³-hybridized carbons (Fsp3) is 0.308. The molecular formula is C13H14N2O5S2. The van der Waals surface area contributed by atoms with E-state index in [2.05, 4.69) is 5.16 Å². The molecule has 2 aromatic rings. The van der Waals surface area contributed by atoms with Crippen LogP contribution in [-0.2, 0) is 19.9 Å². The highest BCUT2D eigenvalue weighted by Gasteiger charge is 2.38. The van der Waals surface area contributed by atoms with Gasteiger partial charge in [0.05, 0.1) is 16.3 Å². The summed E-state index contributed by atoms with van der Waals surface area (Å²) >= 11 is 0. The lowest BCUT2D eigenvalue weighted by molar-refractivity contribution is 0.390. The highest BCUT2D eigenvalue weighted by Crippen LogP contribution is 2.35. The zero-order chi connectivity index (χ0) is 16.1. The molecule has 1 aliphatic heterocycles. The van der Waals surface area contributed by atoms with Crippen molar-refractivity contribution in [3.05, 3.63) is 35.7 Å². The van der Waals surface area contributed by atoms with Crippen molar-refractivity contribution < 1.29 is 21.4 Å². The molecule has 7 nitrogen and oxygen atoms in total. The Balaban J connectivity index is 2.22. The topological polar surface area (TPSA) is 97.6 Å². The molecule has 1 aromatic carbocycles. The predicted octanol–water partition coefficient (Wildman–Crippen LogP) is 1.27. The number of nitrogens with zero attached hydrogens (tertiary/aromatic N) is 2. The molecule has 0 amide bonds. The fourth-order valence-corrected chi connectivity index (χ4v) is 5.94. The first kappa shape index (κ1) is 15.0. The van der Waals surface area contributed by atoms with Crippen LogP contribution in [0.5, 0.6) is 0 Å². The molecule has 0 N–H and O–H groups in total. The Kier molecular flexibility index (Phi) is 3.29. The molecule has 0 atom stereocenters. The van der Waals surface area contributed by atoms with Gasteiger partial charge in [0.25, 0.3) is 10.0 Å². The number of benzene rings is 1. The number of rotatable bonds is 2. The standard InChI is InChI=1S/C13H14N2O5S2/c1-9-13(10(2)20-14-9)22(18,19)15-7-8-21(16,17)12-6-4-3-5-11(12)15/h3-6H,7-8H2,1-2H3. The van der Waals surface area contributed by atoms with Crippen LogP contribution in [0.15, 0.2) is 38.6 Å². The van der Waals surface area contributed by atoms with Crippen molar-refractivity contribution in [2.24, 2.45) is 0 Å². The summed E-state index contributed by atoms with van der Waals surface area (Å²) in [5, 5.41) is 3.66. The number of anilines is 1. The van der Waals surface area contributed by atoms with Crippen LogP contribution >= 0.6 is 0 Å². The summed E-state index contributed by atoms with van der Waals surface area (Å²) in [7, 11) is -7.40. The fourth-order valence-electron chi connectivity index (χ4n) is 2.56. The van der Waals surface area contributed by atoms with Crippen LogP contribution in [0.1, 0.15) is 11.5 Å². The molecule has 22 heavy (non-hydrogen) atoms. The van der Waals surface area contributed by atoms with E-state index in [9.17, 15) is 16.8 Å². The highest BCUT2D eigenvalue weighted by atomic mass is 32.2. The third-order valence-electron chi connectivity index (χ3n) is 3.55. The van der Waals surface area contributed by atoms with Crippen LogP contribution in [0.4, 0.5) is 5.69 Å². The van der Waals surface area contributed by atoms with Crippen LogP contribution in [0, 0.1) is 13.8 Å². The van der Waals surface area contributed by atoms with Crippen molar-refractivity contribution in [3.63, 3.8) is 0 Å². The van der Waals surface area contributed by atoms with E-state index in [-0.39, 0.29) is 39.2 Å². The average Bonchev–Trinajstić information content (AvgIpc) is 2.78. The number of sulfonamides is 1. The Labute approximate surface area is 128 Å². The van der Waals surface area contributed by atoms with Gasteiger partial charge in [-0.3, -0.25) is 4.31 Å². The van der Waals surface area contributed by atoms with Crippen LogP contribution < -0.4 is 4.31 Å². The Hall–Kier alpha value is -1.87. The minimum atomic E-state index is -3.93. The molecule has 0 fully saturated rings. The maximum Gasteiger partial charge on any atom is 0.269 e. The van der Waals surface area contributed by atoms with Crippen molar-refractivity contribution in [1.29, 1.82) is 0 Å². The van der Waals surface area contributed by atoms with E-state index < -0.39 is 19.9 Å². The minimum absolute atomic E-state index is 0.0124. The molecule has 0 aliphatic carbocycles. The molecule has 0 saturated carbocycles. The summed E-state index contributed by atoms with van der Waals surface area (Å²) in [5.41, 5.74) is 0.414. The molecule has 1 aliphatic rings. The minimum Gasteiger partial charge on any atom is -0.360 e. The maximum atomic E-state index is 12.9. The van der Waals surface area contributed by atoms with Gasteiger partial charge < -0.3 is 4.52 Å². The summed E-state index contributed by atoms with van der Waals surface area (Å²) in [5.74, 6) is -0.0736. The summed E-state index contributed by atoms with van der Waals surface area (Å²) < 4.78 is 56.1. The van der Waals surface area contributed by atoms with Gasteiger partial charge in [-0.25, -0.2) is 16.8 Å². The lowest BCUT2D eigenvalue weighted by Crippen LogP contribution is -2.40. The third-order valence-corrected chi connectivity index (χ3v) is 7.34. The van der Waals surface area contributed by atoms with Crippen molar-refractivity contribution >= 4 is 25.5 Å². The molecule has 2 heterocycles. The smallest absolute Gasteiger partial charge is 0.269 e. The first-order valence-corrected chi connectivity index (χ1v) is 9.62. The quantitative estimate of drug-likeness (QED) is 0.815. The summed E-state index contributed by atoms with van der Waals surface area (Å²) in [4.78, 5) is 0.0122. The summed E-state index contributed by atoms with van der Waals surface area (Å²) in [6, 6.07) is 6.08. The molecule has 1 aromatic heterocycles. The highest BCUT2D eigenvalue weighted by molar-refractivity contribution is 7.94. The zero-order valence-corrected chi connectivity index (χ0v) is 13.6. The second-order valence-corrected chi connectivity index (χ2v) is 8.89. The molecule has 0 unspecified atom stereocenters. The second-order valence-electron chi connectivity index (χ2n) is 5.02. The summed E-state index contributed by atoms with van der Waals surface area (Å²) in [6.07, 6.45) is 0. The number of sulfone groups is 1. The molecule has 0 bridgehead atoms. The van der Waals surface area contributed by atoms with E-state index in [1.807, 2.05) is 0 Å². The molecule has 118 valence electrons. The van der Waals surface area contributed by atoms with E-state index in [1.165, 1.54) is 26.0 Å². The monoisotopic (exact) mass is 342 g/mol. The van der Waals surface area contributed by atoms with Gasteiger partial charge >= 0.3 is 0 Å². The Morgan fingerprint density at radius 1 is 1.23 bits per heavy atom. The van der Waals surface area contributed by atoms with Crippen molar-refractivity contribution in [2.75, 3.05) is 16.6 Å². The Bertz CT molecular complexity index is 925. The SMILES string of the molecule is Cc1noc(C)c1S(=O)(=O)N1CCS(=O)(=O)c2ccccc21. The van der Waals surface area contributed by atoms with Crippen LogP contribution in [0.3, 0.4) is 0 Å². The lowest BCUT2D eigenvalue weighted by atomic mass is 10.3. The van der Waals surface area contributed by atoms with Gasteiger partial charge in [0.15, 0.2) is 20.5 Å². The van der Waals surface area contributed by atoms with Gasteiger partial charge in [-0.2, -0.15) is 0 Å². The number of para-hydroxylation sites is 1. The van der Waals surface area contributed by atoms with Crippen LogP contribution in [0.25, 0.3) is 0 Å². The number of aromatic nitrogens is 1. The molecule has 3 rings (SSSR count). The van der Waals surface area contributed by atoms with Gasteiger partial charge in [0.2, 0.25) is 0 Å². The number of fused-ring (bicyclic) bond motifs is 1. The van der Waals surface area contributed by atoms with Gasteiger partial charge in [0, 0.05) is 6.54 Å². The normalized spacial score (nSPS) is 17.3. The third kappa shape index (κ3) is 2.12. The number of hydrogen-bond donors (Lipinski definition) is 0. The van der Waals surface area contributed by atoms with E-state index >= 15 is 0 Å². The molecule has 0 saturated heterocycles.